The molecule has 1 aliphatic carbocycles. The smallest absolute Gasteiger partial charge is 0.255 e. The highest BCUT2D eigenvalue weighted by atomic mass is 35.5. The fraction of sp³-hybridized carbons (Fsp3) is 0.417. The Morgan fingerprint density at radius 1 is 1.16 bits per heavy atom. The molecule has 32 heavy (non-hydrogen) atoms. The van der Waals surface area contributed by atoms with Crippen LogP contribution in [0.5, 0.6) is 0 Å². The van der Waals surface area contributed by atoms with E-state index in [1.807, 2.05) is 23.0 Å². The largest absolute Gasteiger partial charge is 0.396 e. The topological polar surface area (TPSA) is 87.4 Å². The highest BCUT2D eigenvalue weighted by molar-refractivity contribution is 6.42. The van der Waals surface area contributed by atoms with E-state index in [-0.39, 0.29) is 18.6 Å². The third-order valence-electron chi connectivity index (χ3n) is 6.20. The first-order chi connectivity index (χ1) is 15.2. The van der Waals surface area contributed by atoms with E-state index in [4.69, 9.17) is 28.3 Å². The second-order valence-corrected chi connectivity index (χ2v) is 9.88. The Bertz CT molecular complexity index is 1150. The molecule has 0 bridgehead atoms. The first kappa shape index (κ1) is 23.1. The van der Waals surface area contributed by atoms with Crippen LogP contribution < -0.4 is 5.32 Å². The third-order valence-corrected chi connectivity index (χ3v) is 6.94. The molecule has 0 unspecified atom stereocenters. The number of nitrogens with zero attached hydrogens (tertiary/aromatic N) is 2. The highest BCUT2D eigenvalue weighted by Crippen LogP contribution is 2.35. The summed E-state index contributed by atoms with van der Waals surface area (Å²) in [6, 6.07) is 8.66. The highest BCUT2D eigenvalue weighted by Gasteiger charge is 2.26. The first-order valence-electron chi connectivity index (χ1n) is 10.8. The van der Waals surface area contributed by atoms with E-state index in [1.54, 1.807) is 26.0 Å². The molecule has 6 nitrogen and oxygen atoms in total. The maximum atomic E-state index is 12.9. The number of nitrogens with one attached hydrogen (secondary N) is 1. The van der Waals surface area contributed by atoms with Crippen molar-refractivity contribution in [2.24, 2.45) is 5.92 Å². The van der Waals surface area contributed by atoms with Crippen LogP contribution in [0.3, 0.4) is 0 Å². The number of aliphatic hydroxyl groups is 2. The summed E-state index contributed by atoms with van der Waals surface area (Å²) in [5.74, 6) is 0.0318. The maximum absolute atomic E-state index is 12.9. The van der Waals surface area contributed by atoms with Gasteiger partial charge in [0.25, 0.3) is 5.91 Å². The van der Waals surface area contributed by atoms with Crippen molar-refractivity contribution in [3.63, 3.8) is 0 Å². The van der Waals surface area contributed by atoms with E-state index in [9.17, 15) is 15.0 Å². The molecular formula is C24H27Cl2N3O3. The number of anilines is 1. The number of aliphatic hydroxyl groups excluding tert-OH is 1. The predicted octanol–water partition coefficient (Wildman–Crippen LogP) is 5.55. The molecule has 3 aromatic rings. The Morgan fingerprint density at radius 2 is 1.88 bits per heavy atom. The summed E-state index contributed by atoms with van der Waals surface area (Å²) in [6.45, 7) is 3.59. The fourth-order valence-corrected chi connectivity index (χ4v) is 4.61. The molecule has 1 fully saturated rings. The Morgan fingerprint density at radius 3 is 2.50 bits per heavy atom. The molecule has 1 saturated carbocycles. The maximum Gasteiger partial charge on any atom is 0.255 e. The summed E-state index contributed by atoms with van der Waals surface area (Å²) in [7, 11) is 0. The van der Waals surface area contributed by atoms with Crippen molar-refractivity contribution < 1.29 is 15.0 Å². The Kier molecular flexibility index (Phi) is 6.50. The Hall–Kier alpha value is -2.12. The van der Waals surface area contributed by atoms with Gasteiger partial charge in [-0.2, -0.15) is 5.10 Å². The van der Waals surface area contributed by atoms with Crippen molar-refractivity contribution in [2.75, 3.05) is 11.9 Å². The fourth-order valence-electron chi connectivity index (χ4n) is 4.31. The van der Waals surface area contributed by atoms with Gasteiger partial charge in [0.05, 0.1) is 27.2 Å². The van der Waals surface area contributed by atoms with E-state index >= 15 is 0 Å². The normalized spacial score (nSPS) is 19.3. The summed E-state index contributed by atoms with van der Waals surface area (Å²) in [4.78, 5) is 12.9. The number of carbonyl (C=O) groups excluding carboxylic acids is 1. The zero-order chi connectivity index (χ0) is 23.0. The molecule has 8 heteroatoms. The van der Waals surface area contributed by atoms with Crippen LogP contribution in [0.4, 0.5) is 5.69 Å². The molecule has 1 aliphatic rings. The Labute approximate surface area is 197 Å². The summed E-state index contributed by atoms with van der Waals surface area (Å²) >= 11 is 12.0. The van der Waals surface area contributed by atoms with E-state index in [2.05, 4.69) is 5.32 Å². The standard InChI is InChI=1S/C24H27Cl2N3O3/c1-24(2,32)18-11-21-16(12-29(28-21)17-6-3-14(13-30)4-7-17)10-22(18)27-23(31)15-5-8-19(25)20(26)9-15/h5,8-12,14,17,30,32H,3-4,6-7,13H2,1-2H3,(H,27,31)/t14-,17-. The molecule has 0 spiro atoms. The predicted molar refractivity (Wildman–Crippen MR) is 127 cm³/mol. The first-order valence-corrected chi connectivity index (χ1v) is 11.5. The molecule has 4 rings (SSSR count). The number of carbonyl (C=O) groups is 1. The van der Waals surface area contributed by atoms with Crippen LogP contribution >= 0.6 is 23.2 Å². The van der Waals surface area contributed by atoms with Crippen LogP contribution in [0.25, 0.3) is 10.9 Å². The molecule has 1 amide bonds. The molecule has 170 valence electrons. The number of rotatable bonds is 5. The minimum absolute atomic E-state index is 0.241. The lowest BCUT2D eigenvalue weighted by atomic mass is 9.87. The lowest BCUT2D eigenvalue weighted by Crippen LogP contribution is -2.21. The van der Waals surface area contributed by atoms with Crippen LogP contribution in [-0.2, 0) is 5.60 Å². The zero-order valence-electron chi connectivity index (χ0n) is 18.1. The van der Waals surface area contributed by atoms with Crippen molar-refractivity contribution in [1.29, 1.82) is 0 Å². The van der Waals surface area contributed by atoms with Gasteiger partial charge in [0.1, 0.15) is 0 Å². The minimum Gasteiger partial charge on any atom is -0.396 e. The van der Waals surface area contributed by atoms with E-state index in [0.717, 1.165) is 36.6 Å². The van der Waals surface area contributed by atoms with Gasteiger partial charge in [-0.1, -0.05) is 23.2 Å². The summed E-state index contributed by atoms with van der Waals surface area (Å²) < 4.78 is 1.98. The average Bonchev–Trinajstić information content (AvgIpc) is 3.17. The van der Waals surface area contributed by atoms with Crippen molar-refractivity contribution in [1.82, 2.24) is 9.78 Å². The zero-order valence-corrected chi connectivity index (χ0v) is 19.6. The number of aromatic nitrogens is 2. The molecule has 0 atom stereocenters. The number of hydrogen-bond acceptors (Lipinski definition) is 4. The number of benzene rings is 2. The van der Waals surface area contributed by atoms with Crippen LogP contribution in [0, 0.1) is 5.92 Å². The molecular weight excluding hydrogens is 449 g/mol. The van der Waals surface area contributed by atoms with Crippen LogP contribution in [0.2, 0.25) is 10.0 Å². The minimum atomic E-state index is -1.18. The molecule has 0 radical (unpaired) electrons. The van der Waals surface area contributed by atoms with Gasteiger partial charge in [-0.05, 0) is 75.8 Å². The lowest BCUT2D eigenvalue weighted by molar-refractivity contribution is 0.0794. The van der Waals surface area contributed by atoms with Crippen molar-refractivity contribution >= 4 is 45.7 Å². The molecule has 1 heterocycles. The van der Waals surface area contributed by atoms with Gasteiger partial charge < -0.3 is 15.5 Å². The van der Waals surface area contributed by atoms with Gasteiger partial charge in [0, 0.05) is 35.0 Å². The monoisotopic (exact) mass is 475 g/mol. The number of hydrogen-bond donors (Lipinski definition) is 3. The number of fused-ring (bicyclic) bond motifs is 1. The Balaban J connectivity index is 1.66. The summed E-state index contributed by atoms with van der Waals surface area (Å²) in [6.07, 6.45) is 5.90. The third kappa shape index (κ3) is 4.79. The molecule has 1 aromatic heterocycles. The van der Waals surface area contributed by atoms with Gasteiger partial charge in [-0.15, -0.1) is 0 Å². The molecule has 0 aliphatic heterocycles. The second-order valence-electron chi connectivity index (χ2n) is 9.06. The van der Waals surface area contributed by atoms with E-state index < -0.39 is 5.60 Å². The number of halogens is 2. The van der Waals surface area contributed by atoms with Gasteiger partial charge in [-0.25, -0.2) is 0 Å². The summed E-state index contributed by atoms with van der Waals surface area (Å²) in [5, 5.41) is 29.4. The SMILES string of the molecule is CC(C)(O)c1cc2nn([C@H]3CC[C@H](CO)CC3)cc2cc1NC(=O)c1ccc(Cl)c(Cl)c1. The van der Waals surface area contributed by atoms with Crippen LogP contribution in [0.1, 0.15) is 61.5 Å². The van der Waals surface area contributed by atoms with Gasteiger partial charge >= 0.3 is 0 Å². The van der Waals surface area contributed by atoms with Gasteiger partial charge in [0.2, 0.25) is 0 Å². The molecule has 3 N–H and O–H groups in total. The second kappa shape index (κ2) is 9.02. The number of amides is 1. The van der Waals surface area contributed by atoms with Crippen molar-refractivity contribution in [3.8, 4) is 0 Å². The van der Waals surface area contributed by atoms with E-state index in [1.165, 1.54) is 6.07 Å². The summed E-state index contributed by atoms with van der Waals surface area (Å²) in [5.41, 5.74) is 1.05. The molecule has 0 saturated heterocycles. The van der Waals surface area contributed by atoms with Crippen LogP contribution in [-0.4, -0.2) is 32.5 Å². The van der Waals surface area contributed by atoms with E-state index in [0.29, 0.717) is 32.8 Å². The average molecular weight is 476 g/mol. The van der Waals surface area contributed by atoms with Crippen molar-refractivity contribution in [3.05, 3.63) is 57.7 Å². The lowest BCUT2D eigenvalue weighted by Gasteiger charge is -2.27. The van der Waals surface area contributed by atoms with Gasteiger partial charge in [-0.3, -0.25) is 9.48 Å². The van der Waals surface area contributed by atoms with Gasteiger partial charge in [0.15, 0.2) is 0 Å². The van der Waals surface area contributed by atoms with Crippen LogP contribution in [0.15, 0.2) is 36.5 Å². The molecule has 2 aromatic carbocycles. The quantitative estimate of drug-likeness (QED) is 0.451. The van der Waals surface area contributed by atoms with Crippen molar-refractivity contribution in [2.45, 2.75) is 51.2 Å².